The van der Waals surface area contributed by atoms with Crippen molar-refractivity contribution in [3.63, 3.8) is 0 Å². The summed E-state index contributed by atoms with van der Waals surface area (Å²) in [7, 11) is 0. The molecule has 0 amide bonds. The Morgan fingerprint density at radius 1 is 1.00 bits per heavy atom. The minimum absolute atomic E-state index is 0.246. The van der Waals surface area contributed by atoms with Gasteiger partial charge in [0.2, 0.25) is 0 Å². The van der Waals surface area contributed by atoms with Crippen molar-refractivity contribution in [2.75, 3.05) is 0 Å². The lowest BCUT2D eigenvalue weighted by atomic mass is 9.69. The zero-order valence-electron chi connectivity index (χ0n) is 13.7. The van der Waals surface area contributed by atoms with Gasteiger partial charge < -0.3 is 0 Å². The number of rotatable bonds is 4. The Bertz CT molecular complexity index is 687. The molecule has 23 heavy (non-hydrogen) atoms. The molecule has 5 aliphatic carbocycles. The molecule has 1 heteroatoms. The zero-order valence-corrected chi connectivity index (χ0v) is 13.7. The molecule has 1 nitrogen and oxygen atoms in total. The van der Waals surface area contributed by atoms with Gasteiger partial charge in [-0.3, -0.25) is 4.79 Å². The summed E-state index contributed by atoms with van der Waals surface area (Å²) >= 11 is 0. The monoisotopic (exact) mass is 304 g/mol. The Labute approximate surface area is 139 Å². The van der Waals surface area contributed by atoms with Gasteiger partial charge in [0.15, 0.2) is 5.78 Å². The predicted molar refractivity (Wildman–Crippen MR) is 96.3 cm³/mol. The highest BCUT2D eigenvalue weighted by Crippen LogP contribution is 2.41. The highest BCUT2D eigenvalue weighted by Gasteiger charge is 2.37. The van der Waals surface area contributed by atoms with Crippen molar-refractivity contribution in [3.8, 4) is 0 Å². The number of carbonyl (C=O) groups is 1. The van der Waals surface area contributed by atoms with Crippen LogP contribution >= 0.6 is 0 Å². The quantitative estimate of drug-likeness (QED) is 0.704. The molecule has 0 spiro atoms. The fourth-order valence-corrected chi connectivity index (χ4v) is 3.70. The van der Waals surface area contributed by atoms with Crippen LogP contribution in [0.2, 0.25) is 0 Å². The van der Waals surface area contributed by atoms with E-state index in [0.29, 0.717) is 6.42 Å². The molecule has 1 aromatic carbocycles. The van der Waals surface area contributed by atoms with Crippen molar-refractivity contribution in [2.24, 2.45) is 5.41 Å². The molecule has 4 bridgehead atoms. The SMILES string of the molecule is C=CCC1=CC2(CC=C)CCc3ccc(cc3)CCC1=CC2=O. The molecule has 0 aliphatic heterocycles. The van der Waals surface area contributed by atoms with Gasteiger partial charge in [-0.05, 0) is 66.9 Å². The molecular formula is C22H24O. The van der Waals surface area contributed by atoms with Crippen molar-refractivity contribution in [2.45, 2.75) is 38.5 Å². The molecule has 0 heterocycles. The summed E-state index contributed by atoms with van der Waals surface area (Å²) in [5.74, 6) is 0.246. The molecule has 1 atom stereocenters. The standard InChI is InChI=1S/C22H24O/c1-3-5-20-16-22(13-4-2)14-12-18-8-6-17(7-9-18)10-11-19(20)15-21(22)23/h3-4,6-9,15-16H,1-2,5,10-14H2. The zero-order chi connectivity index (χ0) is 16.3. The van der Waals surface area contributed by atoms with E-state index in [4.69, 9.17) is 0 Å². The Hall–Kier alpha value is -2.15. The second-order valence-electron chi connectivity index (χ2n) is 6.66. The van der Waals surface area contributed by atoms with Gasteiger partial charge >= 0.3 is 0 Å². The summed E-state index contributed by atoms with van der Waals surface area (Å²) < 4.78 is 0. The highest BCUT2D eigenvalue weighted by atomic mass is 16.1. The van der Waals surface area contributed by atoms with E-state index < -0.39 is 5.41 Å². The van der Waals surface area contributed by atoms with Gasteiger partial charge in [-0.2, -0.15) is 0 Å². The van der Waals surface area contributed by atoms with E-state index in [1.165, 1.54) is 22.3 Å². The smallest absolute Gasteiger partial charge is 0.166 e. The van der Waals surface area contributed by atoms with E-state index in [1.54, 1.807) is 0 Å². The molecule has 0 N–H and O–H groups in total. The summed E-state index contributed by atoms with van der Waals surface area (Å²) in [6.45, 7) is 7.78. The lowest BCUT2D eigenvalue weighted by Gasteiger charge is -2.33. The van der Waals surface area contributed by atoms with E-state index in [0.717, 1.165) is 32.1 Å². The van der Waals surface area contributed by atoms with Crippen molar-refractivity contribution >= 4 is 5.78 Å². The summed E-state index contributed by atoms with van der Waals surface area (Å²) in [5.41, 5.74) is 4.67. The van der Waals surface area contributed by atoms with Gasteiger partial charge in [0.25, 0.3) is 0 Å². The minimum Gasteiger partial charge on any atom is -0.294 e. The Morgan fingerprint density at radius 2 is 1.70 bits per heavy atom. The first kappa shape index (κ1) is 15.7. The van der Waals surface area contributed by atoms with Crippen LogP contribution in [0.25, 0.3) is 0 Å². The maximum absolute atomic E-state index is 12.9. The Balaban J connectivity index is 2.07. The lowest BCUT2D eigenvalue weighted by molar-refractivity contribution is -0.122. The molecule has 0 aromatic heterocycles. The number of allylic oxidation sites excluding steroid dienone is 6. The van der Waals surface area contributed by atoms with Crippen LogP contribution < -0.4 is 0 Å². The molecule has 5 aliphatic rings. The maximum atomic E-state index is 12.9. The summed E-state index contributed by atoms with van der Waals surface area (Å²) in [4.78, 5) is 12.9. The fourth-order valence-electron chi connectivity index (χ4n) is 3.70. The maximum Gasteiger partial charge on any atom is 0.166 e. The van der Waals surface area contributed by atoms with Crippen LogP contribution in [0.5, 0.6) is 0 Å². The molecule has 0 fully saturated rings. The van der Waals surface area contributed by atoms with E-state index in [2.05, 4.69) is 43.5 Å². The van der Waals surface area contributed by atoms with Crippen LogP contribution in [0, 0.1) is 5.41 Å². The van der Waals surface area contributed by atoms with Crippen LogP contribution in [0.3, 0.4) is 0 Å². The fraction of sp³-hybridized carbons (Fsp3) is 0.318. The summed E-state index contributed by atoms with van der Waals surface area (Å²) in [6.07, 6.45) is 13.1. The molecule has 1 unspecified atom stereocenters. The normalized spacial score (nSPS) is 23.6. The third kappa shape index (κ3) is 3.14. The molecular weight excluding hydrogens is 280 g/mol. The van der Waals surface area contributed by atoms with E-state index in [1.807, 2.05) is 18.2 Å². The molecule has 0 radical (unpaired) electrons. The van der Waals surface area contributed by atoms with Crippen LogP contribution in [0.15, 0.2) is 72.9 Å². The van der Waals surface area contributed by atoms with E-state index in [9.17, 15) is 4.79 Å². The van der Waals surface area contributed by atoms with Gasteiger partial charge in [-0.1, -0.05) is 42.5 Å². The number of aryl methyl sites for hydroxylation is 2. The first-order valence-corrected chi connectivity index (χ1v) is 8.43. The highest BCUT2D eigenvalue weighted by molar-refractivity contribution is 5.99. The van der Waals surface area contributed by atoms with Gasteiger partial charge in [0.1, 0.15) is 0 Å². The third-order valence-electron chi connectivity index (χ3n) is 5.10. The molecule has 1 aromatic rings. The topological polar surface area (TPSA) is 17.1 Å². The third-order valence-corrected chi connectivity index (χ3v) is 5.10. The van der Waals surface area contributed by atoms with Crippen LogP contribution in [-0.2, 0) is 17.6 Å². The summed E-state index contributed by atoms with van der Waals surface area (Å²) in [5, 5.41) is 0. The molecule has 0 saturated carbocycles. The van der Waals surface area contributed by atoms with E-state index in [-0.39, 0.29) is 5.78 Å². The van der Waals surface area contributed by atoms with Crippen LogP contribution in [0.1, 0.15) is 36.8 Å². The molecule has 118 valence electrons. The second kappa shape index (κ2) is 6.54. The number of benzene rings is 1. The van der Waals surface area contributed by atoms with Crippen LogP contribution in [0.4, 0.5) is 0 Å². The predicted octanol–water partition coefficient (Wildman–Crippen LogP) is 5.14. The Morgan fingerprint density at radius 3 is 2.35 bits per heavy atom. The first-order valence-electron chi connectivity index (χ1n) is 8.43. The summed E-state index contributed by atoms with van der Waals surface area (Å²) in [6, 6.07) is 8.87. The van der Waals surface area contributed by atoms with Crippen molar-refractivity contribution in [1.29, 1.82) is 0 Å². The lowest BCUT2D eigenvalue weighted by Crippen LogP contribution is -2.31. The van der Waals surface area contributed by atoms with E-state index >= 15 is 0 Å². The first-order chi connectivity index (χ1) is 11.2. The number of carbonyl (C=O) groups excluding carboxylic acids is 1. The minimum atomic E-state index is -0.429. The second-order valence-corrected chi connectivity index (χ2v) is 6.66. The van der Waals surface area contributed by atoms with Gasteiger partial charge in [-0.15, -0.1) is 13.2 Å². The Kier molecular flexibility index (Phi) is 4.47. The molecule has 6 rings (SSSR count). The van der Waals surface area contributed by atoms with Gasteiger partial charge in [0.05, 0.1) is 5.41 Å². The average molecular weight is 304 g/mol. The van der Waals surface area contributed by atoms with Crippen molar-refractivity contribution in [1.82, 2.24) is 0 Å². The van der Waals surface area contributed by atoms with Crippen molar-refractivity contribution < 1.29 is 4.79 Å². The van der Waals surface area contributed by atoms with Crippen LogP contribution in [-0.4, -0.2) is 5.78 Å². The molecule has 0 saturated heterocycles. The van der Waals surface area contributed by atoms with Gasteiger partial charge in [-0.25, -0.2) is 0 Å². The largest absolute Gasteiger partial charge is 0.294 e. The number of hydrogen-bond donors (Lipinski definition) is 0. The average Bonchev–Trinajstić information content (AvgIpc) is 2.55. The number of ketones is 1. The van der Waals surface area contributed by atoms with Crippen molar-refractivity contribution in [3.05, 3.63) is 84.0 Å². The van der Waals surface area contributed by atoms with Gasteiger partial charge in [0, 0.05) is 0 Å². The number of hydrogen-bond acceptors (Lipinski definition) is 1.